The molecule has 0 radical (unpaired) electrons. The van der Waals surface area contributed by atoms with Gasteiger partial charge in [-0.2, -0.15) is 0 Å². The van der Waals surface area contributed by atoms with E-state index in [0.29, 0.717) is 67.1 Å². The number of nitrogens with one attached hydrogen (secondary N) is 6. The maximum absolute atomic E-state index is 13.8. The highest BCUT2D eigenvalue weighted by Gasteiger charge is 2.62. The molecule has 6 N–H and O–H groups in total. The number of aromatic nitrogens is 12. The molecule has 8 bridgehead atoms. The number of nitrogens with zero attached hydrogens (tertiary/aromatic N) is 6. The van der Waals surface area contributed by atoms with E-state index < -0.39 is 166 Å². The Morgan fingerprint density at radius 1 is 0.302 bits per heavy atom. The van der Waals surface area contributed by atoms with Crippen LogP contribution in [0.4, 0.5) is 0 Å². The summed E-state index contributed by atoms with van der Waals surface area (Å²) in [6.45, 7) is 13.9. The maximum Gasteiger partial charge on any atom is 0.330 e. The minimum Gasteiger partial charge on any atom is -0.355 e. The molecule has 10 aliphatic rings. The van der Waals surface area contributed by atoms with Crippen molar-refractivity contribution in [3.8, 4) is 0 Å². The van der Waals surface area contributed by atoms with Crippen molar-refractivity contribution in [2.24, 2.45) is 0 Å². The van der Waals surface area contributed by atoms with Crippen molar-refractivity contribution < 1.29 is 56.8 Å². The van der Waals surface area contributed by atoms with Gasteiger partial charge in [-0.05, 0) is 104 Å². The van der Waals surface area contributed by atoms with Crippen LogP contribution in [0.3, 0.4) is 0 Å². The second kappa shape index (κ2) is 21.2. The zero-order valence-corrected chi connectivity index (χ0v) is 52.3. The number of fused-ring (bicyclic) bond motifs is 12. The molecular formula is C64H62N12O20. The number of hydrogen-bond donors (Lipinski definition) is 6. The van der Waals surface area contributed by atoms with Crippen LogP contribution in [0.1, 0.15) is 150 Å². The molecule has 32 nitrogen and oxygen atoms in total. The number of aromatic amines is 6. The third kappa shape index (κ3) is 9.79. The van der Waals surface area contributed by atoms with Gasteiger partial charge >= 0.3 is 22.8 Å². The summed E-state index contributed by atoms with van der Waals surface area (Å²) in [4.78, 5) is 133. The Morgan fingerprint density at radius 2 is 0.531 bits per heavy atom. The van der Waals surface area contributed by atoms with Crippen molar-refractivity contribution in [1.82, 2.24) is 58.1 Å². The molecule has 17 rings (SSSR count). The summed E-state index contributed by atoms with van der Waals surface area (Å²) in [7, 11) is 0. The predicted molar refractivity (Wildman–Crippen MR) is 331 cm³/mol. The first kappa shape index (κ1) is 60.5. The molecule has 7 aromatic heterocycles. The van der Waals surface area contributed by atoms with Crippen molar-refractivity contribution in [3.05, 3.63) is 202 Å². The maximum atomic E-state index is 13.8. The number of ether oxygens (including phenoxy) is 12. The van der Waals surface area contributed by atoms with Gasteiger partial charge in [0.25, 0.3) is 22.2 Å². The van der Waals surface area contributed by atoms with E-state index >= 15 is 0 Å². The van der Waals surface area contributed by atoms with Gasteiger partial charge in [0.15, 0.2) is 48.1 Å². The highest BCUT2D eigenvalue weighted by Crippen LogP contribution is 2.56. The van der Waals surface area contributed by atoms with Gasteiger partial charge in [-0.25, -0.2) is 29.1 Å². The summed E-state index contributed by atoms with van der Waals surface area (Å²) in [5.74, 6) is -4.93. The molecule has 16 atom stereocenters. The molecule has 0 spiro atoms. The van der Waals surface area contributed by atoms with E-state index in [9.17, 15) is 38.4 Å². The van der Waals surface area contributed by atoms with Crippen LogP contribution in [-0.4, -0.2) is 130 Å². The molecule has 10 aliphatic heterocycles. The zero-order chi connectivity index (χ0) is 66.5. The van der Waals surface area contributed by atoms with Crippen LogP contribution in [0, 0.1) is 0 Å². The zero-order valence-electron chi connectivity index (χ0n) is 52.3. The molecule has 0 aromatic carbocycles. The van der Waals surface area contributed by atoms with Crippen LogP contribution in [0.5, 0.6) is 0 Å². The fourth-order valence-electron chi connectivity index (χ4n) is 15.1. The smallest absolute Gasteiger partial charge is 0.330 e. The van der Waals surface area contributed by atoms with Gasteiger partial charge in [0.2, 0.25) is 0 Å². The fraction of sp³-hybridized carbons (Fsp3) is 0.438. The van der Waals surface area contributed by atoms with Crippen LogP contribution in [0.25, 0.3) is 46.4 Å². The molecule has 0 saturated carbocycles. The minimum atomic E-state index is -1.24. The minimum absolute atomic E-state index is 0.291. The summed E-state index contributed by atoms with van der Waals surface area (Å²) in [6, 6.07) is 12.1. The molecule has 498 valence electrons. The van der Waals surface area contributed by atoms with Crippen LogP contribution >= 0.6 is 0 Å². The van der Waals surface area contributed by atoms with E-state index in [-0.39, 0.29) is 0 Å². The van der Waals surface area contributed by atoms with Gasteiger partial charge in [-0.15, -0.1) is 0 Å². The first-order chi connectivity index (χ1) is 45.7. The largest absolute Gasteiger partial charge is 0.355 e. The molecule has 96 heavy (non-hydrogen) atoms. The topological polar surface area (TPSA) is 388 Å². The van der Waals surface area contributed by atoms with Gasteiger partial charge in [0.1, 0.15) is 73.2 Å². The lowest BCUT2D eigenvalue weighted by atomic mass is 9.99. The standard InChI is InChI=1S/C64H62N12O20/c1-61(2)89-45-41(85-53(49(45)93-61)73-21-17-33(77)69-57(73)81)37-25-9-11-27(65-25)38(42-46-50(94-62(3,4)90-46)54(86-42)74-22-18-34(78)70-58(74)82)29-13-15-31(67-29)40(44-48-52(96-64(7,8)92-48)56(88-44)76-24-20-36(80)72-60(76)84)32-16-14-30(68-32)39(28-12-10-26(37)66-28)43-47-51(95-63(5,6)91-47)55(87-43)75-23-19-35(79)71-59(75)83/h9-24,41-56,65-66H,1-8H3,(H,69,77,81)(H,70,78,82)(H,71,79,83)(H,72,80,84)/t41-,42-,43-,44-,45-,46-,47-,48-,49-,50-,51-,52-,53-,54-,55-,56-/m1/s1. The lowest BCUT2D eigenvalue weighted by molar-refractivity contribution is -0.198. The highest BCUT2D eigenvalue weighted by atomic mass is 16.8. The Bertz CT molecular complexity index is 5010. The van der Waals surface area contributed by atoms with E-state index in [1.807, 2.05) is 24.3 Å². The van der Waals surface area contributed by atoms with Gasteiger partial charge in [0.05, 0.1) is 22.8 Å². The number of H-pyrrole nitrogens is 6. The van der Waals surface area contributed by atoms with E-state index in [2.05, 4.69) is 29.9 Å². The summed E-state index contributed by atoms with van der Waals surface area (Å²) in [6.07, 6.45) is -4.49. The van der Waals surface area contributed by atoms with Crippen molar-refractivity contribution in [2.45, 2.75) is 177 Å². The predicted octanol–water partition coefficient (Wildman–Crippen LogP) is 3.22. The van der Waals surface area contributed by atoms with E-state index in [1.165, 1.54) is 67.3 Å². The van der Waals surface area contributed by atoms with Crippen molar-refractivity contribution in [3.63, 3.8) is 0 Å². The summed E-state index contributed by atoms with van der Waals surface area (Å²) < 4.78 is 86.4. The van der Waals surface area contributed by atoms with Crippen LogP contribution in [0.2, 0.25) is 0 Å². The fourth-order valence-corrected chi connectivity index (χ4v) is 15.1. The molecule has 0 amide bonds. The average Bonchev–Trinajstić information content (AvgIpc) is 1.59. The van der Waals surface area contributed by atoms with Crippen LogP contribution in [0.15, 0.2) is 112 Å². The molecule has 32 heteroatoms. The molecule has 7 aromatic rings. The van der Waals surface area contributed by atoms with Gasteiger partial charge in [-0.1, -0.05) is 0 Å². The van der Waals surface area contributed by atoms with E-state index in [0.717, 1.165) is 0 Å². The molecule has 8 fully saturated rings. The third-order valence-electron chi connectivity index (χ3n) is 18.7. The number of hydrogen-bond acceptors (Lipinski definition) is 22. The summed E-state index contributed by atoms with van der Waals surface area (Å²) >= 11 is 0. The van der Waals surface area contributed by atoms with Gasteiger partial charge in [-0.3, -0.25) is 57.4 Å². The SMILES string of the molecule is CC1(C)O[C@@H]2[C@H](O1)[C@@H](c1c3nc(c([C@H]4O[C@@H](n5ccc(=O)[nH]c5=O)[C@@H]5OC(C)(C)O[C@@H]54)c4ccc([nH]4)c([C@H]4O[C@@H](n5ccc(=O)[nH]c5=O)[C@@H]5OC(C)(C)O[C@@H]54)c4ccc([nH]4)c([C@H]4O[C@@H](n5ccc(=O)[nH]c5=O)[C@@H]5OC(C)(C)O[C@@H]54)c4nc1C=C4)C=C3)O[C@H]2n1ccc(=O)[nH]c1=O. The van der Waals surface area contributed by atoms with Gasteiger partial charge in [0, 0.05) is 93.4 Å². The Balaban J connectivity index is 0.955. The number of rotatable bonds is 8. The lowest BCUT2D eigenvalue weighted by Crippen LogP contribution is -2.37. The first-order valence-corrected chi connectivity index (χ1v) is 31.2. The average molecular weight is 1320 g/mol. The second-order valence-electron chi connectivity index (χ2n) is 26.8. The van der Waals surface area contributed by atoms with Crippen LogP contribution < -0.4 is 45.0 Å². The molecule has 0 unspecified atom stereocenters. The Morgan fingerprint density at radius 3 is 0.802 bits per heavy atom. The van der Waals surface area contributed by atoms with Crippen LogP contribution in [-0.2, 0) is 56.8 Å². The molecule has 8 saturated heterocycles. The Labute approximate surface area is 537 Å². The summed E-state index contributed by atoms with van der Waals surface area (Å²) in [5, 5.41) is 0. The summed E-state index contributed by atoms with van der Waals surface area (Å²) in [5.41, 5.74) is -1.12. The van der Waals surface area contributed by atoms with Crippen molar-refractivity contribution >= 4 is 46.4 Å². The third-order valence-corrected chi connectivity index (χ3v) is 18.7. The highest BCUT2D eigenvalue weighted by molar-refractivity contribution is 5.84. The molecule has 17 heterocycles. The normalized spacial score (nSPS) is 32.2. The van der Waals surface area contributed by atoms with Gasteiger partial charge < -0.3 is 66.8 Å². The quantitative estimate of drug-likeness (QED) is 0.127. The van der Waals surface area contributed by atoms with E-state index in [4.69, 9.17) is 66.8 Å². The Kier molecular flexibility index (Phi) is 13.3. The first-order valence-electron chi connectivity index (χ1n) is 31.2. The van der Waals surface area contributed by atoms with Crippen molar-refractivity contribution in [1.29, 1.82) is 0 Å². The second-order valence-corrected chi connectivity index (χ2v) is 26.8. The Hall–Kier alpha value is -9.16. The van der Waals surface area contributed by atoms with E-state index in [1.54, 1.807) is 79.7 Å². The van der Waals surface area contributed by atoms with Crippen molar-refractivity contribution in [2.75, 3.05) is 0 Å². The monoisotopic (exact) mass is 1320 g/mol. The lowest BCUT2D eigenvalue weighted by Gasteiger charge is -2.25. The molecule has 0 aliphatic carbocycles. The molecular weight excluding hydrogens is 1260 g/mol.